The minimum absolute atomic E-state index is 0.0818. The molecule has 1 N–H and O–H groups in total. The third-order valence-corrected chi connectivity index (χ3v) is 6.64. The van der Waals surface area contributed by atoms with Crippen LogP contribution in [0.15, 0.2) is 59.0 Å². The summed E-state index contributed by atoms with van der Waals surface area (Å²) in [5.41, 5.74) is 6.02. The van der Waals surface area contributed by atoms with Gasteiger partial charge >= 0.3 is 0 Å². The Morgan fingerprint density at radius 2 is 1.88 bits per heavy atom. The quantitative estimate of drug-likeness (QED) is 0.395. The zero-order valence-corrected chi connectivity index (χ0v) is 19.5. The second kappa shape index (κ2) is 9.49. The molecule has 4 rings (SSSR count). The second-order valence-electron chi connectivity index (χ2n) is 8.15. The van der Waals surface area contributed by atoms with E-state index >= 15 is 0 Å². The van der Waals surface area contributed by atoms with Gasteiger partial charge in [0.25, 0.3) is 5.56 Å². The molecule has 6 heteroatoms. The van der Waals surface area contributed by atoms with E-state index in [0.717, 1.165) is 36.1 Å². The fraction of sp³-hybridized carbons (Fsp3) is 0.269. The van der Waals surface area contributed by atoms with E-state index in [0.29, 0.717) is 10.2 Å². The third kappa shape index (κ3) is 4.65. The number of aryl methyl sites for hydroxylation is 3. The van der Waals surface area contributed by atoms with Gasteiger partial charge in [-0.05, 0) is 61.1 Å². The zero-order chi connectivity index (χ0) is 22.7. The maximum absolute atomic E-state index is 13.2. The average molecular weight is 446 g/mol. The summed E-state index contributed by atoms with van der Waals surface area (Å²) in [6.45, 7) is 6.21. The highest BCUT2D eigenvalue weighted by Gasteiger charge is 2.15. The van der Waals surface area contributed by atoms with E-state index < -0.39 is 0 Å². The Hall–Kier alpha value is -3.25. The molecule has 2 heterocycles. The van der Waals surface area contributed by atoms with E-state index in [2.05, 4.69) is 43.2 Å². The molecular formula is C26H27N3O2S. The summed E-state index contributed by atoms with van der Waals surface area (Å²) in [7, 11) is 0. The molecule has 0 bridgehead atoms. The number of carbonyl (C=O) groups excluding carboxylic acids is 1. The van der Waals surface area contributed by atoms with Gasteiger partial charge in [0.1, 0.15) is 11.4 Å². The highest BCUT2D eigenvalue weighted by molar-refractivity contribution is 7.17. The van der Waals surface area contributed by atoms with E-state index in [1.54, 1.807) is 0 Å². The molecule has 0 radical (unpaired) electrons. The number of benzene rings is 2. The minimum Gasteiger partial charge on any atom is -0.325 e. The molecule has 0 fully saturated rings. The van der Waals surface area contributed by atoms with Crippen LogP contribution in [0.5, 0.6) is 0 Å². The van der Waals surface area contributed by atoms with Crippen molar-refractivity contribution in [1.29, 1.82) is 0 Å². The molecule has 164 valence electrons. The van der Waals surface area contributed by atoms with Crippen molar-refractivity contribution in [2.45, 2.75) is 46.6 Å². The summed E-state index contributed by atoms with van der Waals surface area (Å²) >= 11 is 1.45. The van der Waals surface area contributed by atoms with Gasteiger partial charge in [0.15, 0.2) is 0 Å². The highest BCUT2D eigenvalue weighted by Crippen LogP contribution is 2.31. The molecule has 0 aliphatic heterocycles. The summed E-state index contributed by atoms with van der Waals surface area (Å²) in [4.78, 5) is 30.9. The van der Waals surface area contributed by atoms with E-state index in [4.69, 9.17) is 0 Å². The first-order chi connectivity index (χ1) is 15.5. The van der Waals surface area contributed by atoms with Crippen LogP contribution < -0.4 is 10.9 Å². The molecule has 0 aliphatic rings. The number of carbonyl (C=O) groups is 1. The van der Waals surface area contributed by atoms with Crippen LogP contribution in [0, 0.1) is 13.8 Å². The molecule has 2 aromatic carbocycles. The van der Waals surface area contributed by atoms with Crippen LogP contribution in [0.1, 0.15) is 36.5 Å². The summed E-state index contributed by atoms with van der Waals surface area (Å²) in [6, 6.07) is 14.1. The molecule has 32 heavy (non-hydrogen) atoms. The van der Waals surface area contributed by atoms with Gasteiger partial charge in [-0.15, -0.1) is 11.3 Å². The van der Waals surface area contributed by atoms with Crippen LogP contribution in [-0.2, 0) is 17.8 Å². The third-order valence-electron chi connectivity index (χ3n) is 5.75. The first-order valence-corrected chi connectivity index (χ1v) is 11.8. The molecule has 2 aromatic heterocycles. The topological polar surface area (TPSA) is 64.0 Å². The van der Waals surface area contributed by atoms with Gasteiger partial charge in [0, 0.05) is 16.6 Å². The molecule has 0 spiro atoms. The van der Waals surface area contributed by atoms with E-state index in [9.17, 15) is 9.59 Å². The Kier molecular flexibility index (Phi) is 6.51. The maximum atomic E-state index is 13.2. The molecule has 5 nitrogen and oxygen atoms in total. The summed E-state index contributed by atoms with van der Waals surface area (Å²) in [5, 5.41) is 5.41. The predicted molar refractivity (Wildman–Crippen MR) is 132 cm³/mol. The largest absolute Gasteiger partial charge is 0.325 e. The lowest BCUT2D eigenvalue weighted by Gasteiger charge is -2.09. The first kappa shape index (κ1) is 22.0. The van der Waals surface area contributed by atoms with Gasteiger partial charge in [-0.2, -0.15) is 0 Å². The zero-order valence-electron chi connectivity index (χ0n) is 18.6. The van der Waals surface area contributed by atoms with Gasteiger partial charge in [0.2, 0.25) is 5.91 Å². The fourth-order valence-corrected chi connectivity index (χ4v) is 4.60. The number of unbranched alkanes of at least 4 members (excludes halogenated alkanes) is 1. The lowest BCUT2D eigenvalue weighted by atomic mass is 10.0. The Labute approximate surface area is 191 Å². The number of nitrogens with zero attached hydrogens (tertiary/aromatic N) is 2. The predicted octanol–water partition coefficient (Wildman–Crippen LogP) is 5.72. The Bertz CT molecular complexity index is 1320. The van der Waals surface area contributed by atoms with E-state index in [-0.39, 0.29) is 18.0 Å². The SMILES string of the molecule is CCCCc1ccc(NC(=O)Cn2cnc3scc(-c4ccc(C)c(C)c4)c3c2=O)cc1. The number of nitrogens with one attached hydrogen (secondary N) is 1. The summed E-state index contributed by atoms with van der Waals surface area (Å²) in [5.74, 6) is -0.252. The van der Waals surface area contributed by atoms with Crippen LogP contribution >= 0.6 is 11.3 Å². The number of fused-ring (bicyclic) bond motifs is 1. The first-order valence-electron chi connectivity index (χ1n) is 10.9. The van der Waals surface area contributed by atoms with Gasteiger partial charge in [-0.3, -0.25) is 14.2 Å². The van der Waals surface area contributed by atoms with Gasteiger partial charge in [-0.25, -0.2) is 4.98 Å². The molecule has 0 saturated heterocycles. The second-order valence-corrected chi connectivity index (χ2v) is 9.01. The number of rotatable bonds is 7. The number of thiophene rings is 1. The minimum atomic E-state index is -0.252. The molecule has 0 unspecified atom stereocenters. The van der Waals surface area contributed by atoms with Crippen LogP contribution in [0.4, 0.5) is 5.69 Å². The van der Waals surface area contributed by atoms with Crippen molar-refractivity contribution in [3.63, 3.8) is 0 Å². The normalized spacial score (nSPS) is 11.1. The average Bonchev–Trinajstić information content (AvgIpc) is 3.22. The van der Waals surface area contributed by atoms with Crippen LogP contribution in [0.25, 0.3) is 21.3 Å². The van der Waals surface area contributed by atoms with Gasteiger partial charge in [-0.1, -0.05) is 43.7 Å². The van der Waals surface area contributed by atoms with Crippen LogP contribution in [0.3, 0.4) is 0 Å². The lowest BCUT2D eigenvalue weighted by Crippen LogP contribution is -2.27. The van der Waals surface area contributed by atoms with Crippen LogP contribution in [-0.4, -0.2) is 15.5 Å². The number of anilines is 1. The van der Waals surface area contributed by atoms with Crippen molar-refractivity contribution in [3.8, 4) is 11.1 Å². The molecule has 0 aliphatic carbocycles. The van der Waals surface area contributed by atoms with Gasteiger partial charge < -0.3 is 5.32 Å². The Morgan fingerprint density at radius 3 is 2.59 bits per heavy atom. The van der Waals surface area contributed by atoms with Crippen molar-refractivity contribution < 1.29 is 4.79 Å². The highest BCUT2D eigenvalue weighted by atomic mass is 32.1. The molecular weight excluding hydrogens is 418 g/mol. The number of amides is 1. The van der Waals surface area contributed by atoms with Gasteiger partial charge in [0.05, 0.1) is 11.7 Å². The summed E-state index contributed by atoms with van der Waals surface area (Å²) < 4.78 is 1.38. The van der Waals surface area contributed by atoms with Crippen molar-refractivity contribution >= 4 is 33.1 Å². The molecule has 4 aromatic rings. The van der Waals surface area contributed by atoms with Crippen LogP contribution in [0.2, 0.25) is 0 Å². The van der Waals surface area contributed by atoms with Crippen molar-refractivity contribution in [2.24, 2.45) is 0 Å². The Morgan fingerprint density at radius 1 is 1.09 bits per heavy atom. The van der Waals surface area contributed by atoms with Crippen molar-refractivity contribution in [3.05, 3.63) is 81.2 Å². The maximum Gasteiger partial charge on any atom is 0.263 e. The Balaban J connectivity index is 1.55. The van der Waals surface area contributed by atoms with E-state index in [1.165, 1.54) is 38.9 Å². The number of hydrogen-bond donors (Lipinski definition) is 1. The smallest absolute Gasteiger partial charge is 0.263 e. The van der Waals surface area contributed by atoms with Crippen molar-refractivity contribution in [2.75, 3.05) is 5.32 Å². The monoisotopic (exact) mass is 445 g/mol. The van der Waals surface area contributed by atoms with E-state index in [1.807, 2.05) is 35.7 Å². The number of aromatic nitrogens is 2. The molecule has 0 atom stereocenters. The number of hydrogen-bond acceptors (Lipinski definition) is 4. The standard InChI is InChI=1S/C26H27N3O2S/c1-4-5-6-19-8-11-21(12-9-19)28-23(30)14-29-16-27-25-24(26(29)31)22(15-32-25)20-10-7-17(2)18(3)13-20/h7-13,15-16H,4-6,14H2,1-3H3,(H,28,30). The fourth-order valence-electron chi connectivity index (χ4n) is 3.69. The lowest BCUT2D eigenvalue weighted by molar-refractivity contribution is -0.116. The summed E-state index contributed by atoms with van der Waals surface area (Å²) in [6.07, 6.45) is 4.80. The molecule has 1 amide bonds. The van der Waals surface area contributed by atoms with Crippen molar-refractivity contribution in [1.82, 2.24) is 9.55 Å². The molecule has 0 saturated carbocycles.